The van der Waals surface area contributed by atoms with Gasteiger partial charge in [-0.1, -0.05) is 6.92 Å². The summed E-state index contributed by atoms with van der Waals surface area (Å²) in [6, 6.07) is 9.94. The third kappa shape index (κ3) is 4.27. The molecular formula is C15H17N5O2. The van der Waals surface area contributed by atoms with Crippen molar-refractivity contribution in [3.05, 3.63) is 36.4 Å². The van der Waals surface area contributed by atoms with Crippen LogP contribution in [0.4, 0.5) is 23.0 Å². The predicted octanol–water partition coefficient (Wildman–Crippen LogP) is 3.37. The zero-order chi connectivity index (χ0) is 15.9. The Morgan fingerprint density at radius 2 is 1.86 bits per heavy atom. The first-order chi connectivity index (χ1) is 10.6. The number of nitrogens with zero attached hydrogens (tertiary/aromatic N) is 3. The summed E-state index contributed by atoms with van der Waals surface area (Å²) in [5.41, 5.74) is 12.2. The standard InChI is InChI=1S/C15H17N5O2/c1-2-3-14(21)22-11-6-4-10(5-7-11)19-20-12-8-9-13(16)18-15(12)17/h4-9H,2-3H2,1H3,(H4,16,17,18)/b20-19+. The van der Waals surface area contributed by atoms with Crippen LogP contribution in [-0.2, 0) is 4.79 Å². The monoisotopic (exact) mass is 299 g/mol. The van der Waals surface area contributed by atoms with Gasteiger partial charge in [0.1, 0.15) is 17.3 Å². The minimum atomic E-state index is -0.252. The fourth-order valence-corrected chi connectivity index (χ4v) is 1.65. The molecule has 0 bridgehead atoms. The molecule has 0 aliphatic rings. The van der Waals surface area contributed by atoms with E-state index in [0.717, 1.165) is 6.42 Å². The van der Waals surface area contributed by atoms with Gasteiger partial charge in [-0.25, -0.2) is 4.98 Å². The number of carbonyl (C=O) groups excluding carboxylic acids is 1. The molecule has 2 aromatic rings. The zero-order valence-electron chi connectivity index (χ0n) is 12.2. The van der Waals surface area contributed by atoms with Gasteiger partial charge in [0.2, 0.25) is 0 Å². The van der Waals surface area contributed by atoms with Gasteiger partial charge in [0.05, 0.1) is 5.69 Å². The third-order valence-corrected chi connectivity index (χ3v) is 2.72. The first-order valence-corrected chi connectivity index (χ1v) is 6.83. The Kier molecular flexibility index (Phi) is 5.02. The summed E-state index contributed by atoms with van der Waals surface area (Å²) >= 11 is 0. The summed E-state index contributed by atoms with van der Waals surface area (Å²) in [6.45, 7) is 1.92. The average Bonchev–Trinajstić information content (AvgIpc) is 2.48. The Labute approximate surface area is 128 Å². The first kappa shape index (κ1) is 15.4. The lowest BCUT2D eigenvalue weighted by Gasteiger charge is -2.03. The fourth-order valence-electron chi connectivity index (χ4n) is 1.65. The molecule has 114 valence electrons. The Balaban J connectivity index is 2.04. The van der Waals surface area contributed by atoms with Crippen LogP contribution in [0.25, 0.3) is 0 Å². The van der Waals surface area contributed by atoms with Crippen molar-refractivity contribution < 1.29 is 9.53 Å². The second-order valence-corrected chi connectivity index (χ2v) is 4.56. The number of hydrogen-bond acceptors (Lipinski definition) is 7. The van der Waals surface area contributed by atoms with Crippen LogP contribution >= 0.6 is 0 Å². The van der Waals surface area contributed by atoms with Crippen LogP contribution in [0, 0.1) is 0 Å². The number of carbonyl (C=O) groups is 1. The number of ether oxygens (including phenoxy) is 1. The van der Waals surface area contributed by atoms with Crippen LogP contribution in [0.15, 0.2) is 46.6 Å². The van der Waals surface area contributed by atoms with Crippen molar-refractivity contribution in [2.24, 2.45) is 10.2 Å². The molecule has 0 fully saturated rings. The number of esters is 1. The average molecular weight is 299 g/mol. The minimum Gasteiger partial charge on any atom is -0.427 e. The lowest BCUT2D eigenvalue weighted by Crippen LogP contribution is -2.06. The molecule has 1 aromatic carbocycles. The van der Waals surface area contributed by atoms with Crippen molar-refractivity contribution >= 4 is 29.0 Å². The highest BCUT2D eigenvalue weighted by molar-refractivity contribution is 5.72. The highest BCUT2D eigenvalue weighted by atomic mass is 16.5. The summed E-state index contributed by atoms with van der Waals surface area (Å²) in [7, 11) is 0. The van der Waals surface area contributed by atoms with Gasteiger partial charge in [0.15, 0.2) is 5.82 Å². The van der Waals surface area contributed by atoms with E-state index in [1.807, 2.05) is 6.92 Å². The number of pyridine rings is 1. The van der Waals surface area contributed by atoms with Crippen LogP contribution in [0.3, 0.4) is 0 Å². The Hall–Kier alpha value is -2.96. The van der Waals surface area contributed by atoms with Crippen LogP contribution in [-0.4, -0.2) is 11.0 Å². The van der Waals surface area contributed by atoms with Gasteiger partial charge >= 0.3 is 5.97 Å². The van der Waals surface area contributed by atoms with Gasteiger partial charge in [0, 0.05) is 6.42 Å². The molecule has 0 unspecified atom stereocenters. The summed E-state index contributed by atoms with van der Waals surface area (Å²) in [6.07, 6.45) is 1.15. The second-order valence-electron chi connectivity index (χ2n) is 4.56. The van der Waals surface area contributed by atoms with E-state index in [-0.39, 0.29) is 11.8 Å². The quantitative estimate of drug-likeness (QED) is 0.499. The zero-order valence-corrected chi connectivity index (χ0v) is 12.2. The van der Waals surface area contributed by atoms with Crippen molar-refractivity contribution in [3.63, 3.8) is 0 Å². The maximum Gasteiger partial charge on any atom is 0.311 e. The van der Waals surface area contributed by atoms with Crippen LogP contribution in [0.1, 0.15) is 19.8 Å². The number of rotatable bonds is 5. The predicted molar refractivity (Wildman–Crippen MR) is 84.2 cm³/mol. The molecular weight excluding hydrogens is 282 g/mol. The maximum atomic E-state index is 11.4. The smallest absolute Gasteiger partial charge is 0.311 e. The summed E-state index contributed by atoms with van der Waals surface area (Å²) in [5, 5.41) is 8.06. The molecule has 0 spiro atoms. The van der Waals surface area contributed by atoms with E-state index in [4.69, 9.17) is 16.2 Å². The minimum absolute atomic E-state index is 0.217. The Morgan fingerprint density at radius 3 is 2.50 bits per heavy atom. The van der Waals surface area contributed by atoms with Crippen LogP contribution < -0.4 is 16.2 Å². The SMILES string of the molecule is CCCC(=O)Oc1ccc(/N=N/c2ccc(N)nc2N)cc1. The van der Waals surface area contributed by atoms with E-state index in [9.17, 15) is 4.79 Å². The second kappa shape index (κ2) is 7.16. The molecule has 7 nitrogen and oxygen atoms in total. The molecule has 2 rings (SSSR count). The molecule has 0 saturated heterocycles. The van der Waals surface area contributed by atoms with E-state index < -0.39 is 0 Å². The highest BCUT2D eigenvalue weighted by Crippen LogP contribution is 2.25. The van der Waals surface area contributed by atoms with Crippen LogP contribution in [0.2, 0.25) is 0 Å². The Morgan fingerprint density at radius 1 is 1.14 bits per heavy atom. The maximum absolute atomic E-state index is 11.4. The highest BCUT2D eigenvalue weighted by Gasteiger charge is 2.03. The van der Waals surface area contributed by atoms with Gasteiger partial charge in [-0.2, -0.15) is 5.11 Å². The topological polar surface area (TPSA) is 116 Å². The van der Waals surface area contributed by atoms with Gasteiger partial charge in [0.25, 0.3) is 0 Å². The third-order valence-electron chi connectivity index (χ3n) is 2.72. The van der Waals surface area contributed by atoms with E-state index in [2.05, 4.69) is 15.2 Å². The van der Waals surface area contributed by atoms with E-state index in [1.165, 1.54) is 0 Å². The molecule has 4 N–H and O–H groups in total. The number of nitrogen functional groups attached to an aromatic ring is 2. The number of aromatic nitrogens is 1. The Bertz CT molecular complexity index is 683. The van der Waals surface area contributed by atoms with Crippen molar-refractivity contribution in [1.29, 1.82) is 0 Å². The number of nitrogens with two attached hydrogens (primary N) is 2. The van der Waals surface area contributed by atoms with Crippen molar-refractivity contribution in [2.75, 3.05) is 11.5 Å². The molecule has 1 heterocycles. The summed E-state index contributed by atoms with van der Waals surface area (Å²) in [5.74, 6) is 0.771. The molecule has 0 radical (unpaired) electrons. The molecule has 1 aromatic heterocycles. The van der Waals surface area contributed by atoms with Gasteiger partial charge in [-0.15, -0.1) is 5.11 Å². The normalized spacial score (nSPS) is 10.8. The first-order valence-electron chi connectivity index (χ1n) is 6.83. The lowest BCUT2D eigenvalue weighted by molar-refractivity contribution is -0.134. The molecule has 0 amide bonds. The largest absolute Gasteiger partial charge is 0.427 e. The molecule has 0 aliphatic carbocycles. The molecule has 0 saturated carbocycles. The number of hydrogen-bond donors (Lipinski definition) is 2. The molecule has 0 atom stereocenters. The molecule has 0 aliphatic heterocycles. The number of benzene rings is 1. The molecule has 22 heavy (non-hydrogen) atoms. The van der Waals surface area contributed by atoms with Crippen LogP contribution in [0.5, 0.6) is 5.75 Å². The van der Waals surface area contributed by atoms with Gasteiger partial charge in [-0.05, 0) is 42.8 Å². The summed E-state index contributed by atoms with van der Waals surface area (Å²) in [4.78, 5) is 15.3. The van der Waals surface area contributed by atoms with E-state index in [1.54, 1.807) is 36.4 Å². The van der Waals surface area contributed by atoms with Crippen molar-refractivity contribution in [1.82, 2.24) is 4.98 Å². The van der Waals surface area contributed by atoms with E-state index >= 15 is 0 Å². The molecule has 7 heteroatoms. The van der Waals surface area contributed by atoms with Crippen molar-refractivity contribution in [3.8, 4) is 5.75 Å². The van der Waals surface area contributed by atoms with Gasteiger partial charge < -0.3 is 16.2 Å². The summed E-state index contributed by atoms with van der Waals surface area (Å²) < 4.78 is 5.15. The number of anilines is 2. The lowest BCUT2D eigenvalue weighted by atomic mass is 10.3. The van der Waals surface area contributed by atoms with E-state index in [0.29, 0.717) is 29.4 Å². The fraction of sp³-hybridized carbons (Fsp3) is 0.200. The number of azo groups is 1. The van der Waals surface area contributed by atoms with Gasteiger partial charge in [-0.3, -0.25) is 4.79 Å². The van der Waals surface area contributed by atoms with Crippen molar-refractivity contribution in [2.45, 2.75) is 19.8 Å².